The third kappa shape index (κ3) is 3.80. The standard InChI is InChI=1S/C13H18BrNO/c14-12-4-6-13(7-5-12)16-9-8-15-10-11-2-1-3-11/h4-7,11,15H,1-3,8-10H2. The molecule has 1 N–H and O–H groups in total. The average molecular weight is 284 g/mol. The molecule has 0 spiro atoms. The molecule has 1 aliphatic carbocycles. The molecule has 1 aromatic rings. The number of benzene rings is 1. The van der Waals surface area contributed by atoms with E-state index in [0.717, 1.165) is 35.8 Å². The Morgan fingerprint density at radius 3 is 2.62 bits per heavy atom. The van der Waals surface area contributed by atoms with E-state index >= 15 is 0 Å². The van der Waals surface area contributed by atoms with Gasteiger partial charge < -0.3 is 10.1 Å². The maximum absolute atomic E-state index is 5.61. The van der Waals surface area contributed by atoms with Gasteiger partial charge in [-0.3, -0.25) is 0 Å². The van der Waals surface area contributed by atoms with Gasteiger partial charge in [0.2, 0.25) is 0 Å². The van der Waals surface area contributed by atoms with Crippen LogP contribution in [0.15, 0.2) is 28.7 Å². The Labute approximate surface area is 106 Å². The number of hydrogen-bond acceptors (Lipinski definition) is 2. The SMILES string of the molecule is Brc1ccc(OCCNCC2CCC2)cc1. The maximum atomic E-state index is 5.61. The summed E-state index contributed by atoms with van der Waals surface area (Å²) in [7, 11) is 0. The van der Waals surface area contributed by atoms with E-state index in [1.165, 1.54) is 19.3 Å². The molecular formula is C13H18BrNO. The minimum atomic E-state index is 0.744. The van der Waals surface area contributed by atoms with E-state index in [4.69, 9.17) is 4.74 Å². The summed E-state index contributed by atoms with van der Waals surface area (Å²) in [5, 5.41) is 3.43. The topological polar surface area (TPSA) is 21.3 Å². The molecule has 0 atom stereocenters. The van der Waals surface area contributed by atoms with Crippen LogP contribution in [0.4, 0.5) is 0 Å². The number of hydrogen-bond donors (Lipinski definition) is 1. The Balaban J connectivity index is 1.55. The van der Waals surface area contributed by atoms with Crippen molar-refractivity contribution in [1.29, 1.82) is 0 Å². The fourth-order valence-electron chi connectivity index (χ4n) is 1.77. The highest BCUT2D eigenvalue weighted by atomic mass is 79.9. The molecule has 88 valence electrons. The molecule has 1 fully saturated rings. The van der Waals surface area contributed by atoms with Gasteiger partial charge in [-0.05, 0) is 49.6 Å². The molecule has 2 nitrogen and oxygen atoms in total. The van der Waals surface area contributed by atoms with E-state index in [2.05, 4.69) is 21.2 Å². The molecule has 1 saturated carbocycles. The first-order valence-corrected chi connectivity index (χ1v) is 6.73. The van der Waals surface area contributed by atoms with Gasteiger partial charge in [0, 0.05) is 11.0 Å². The highest BCUT2D eigenvalue weighted by Crippen LogP contribution is 2.24. The predicted molar refractivity (Wildman–Crippen MR) is 69.8 cm³/mol. The quantitative estimate of drug-likeness (QED) is 0.810. The van der Waals surface area contributed by atoms with Crippen LogP contribution in [-0.2, 0) is 0 Å². The Hall–Kier alpha value is -0.540. The van der Waals surface area contributed by atoms with Crippen LogP contribution in [0.25, 0.3) is 0 Å². The smallest absolute Gasteiger partial charge is 0.119 e. The second-order valence-electron chi connectivity index (χ2n) is 4.30. The van der Waals surface area contributed by atoms with Crippen molar-refractivity contribution in [3.05, 3.63) is 28.7 Å². The summed E-state index contributed by atoms with van der Waals surface area (Å²) >= 11 is 3.40. The van der Waals surface area contributed by atoms with Crippen LogP contribution in [0.2, 0.25) is 0 Å². The lowest BCUT2D eigenvalue weighted by Crippen LogP contribution is -2.30. The summed E-state index contributed by atoms with van der Waals surface area (Å²) in [6.07, 6.45) is 4.23. The van der Waals surface area contributed by atoms with Gasteiger partial charge in [0.15, 0.2) is 0 Å². The molecule has 1 aliphatic rings. The Bertz CT molecular complexity index is 308. The summed E-state index contributed by atoms with van der Waals surface area (Å²) in [6, 6.07) is 7.96. The van der Waals surface area contributed by atoms with Crippen LogP contribution in [0, 0.1) is 5.92 Å². The molecule has 3 heteroatoms. The fraction of sp³-hybridized carbons (Fsp3) is 0.538. The average Bonchev–Trinajstić information content (AvgIpc) is 2.23. The molecule has 0 aliphatic heterocycles. The lowest BCUT2D eigenvalue weighted by atomic mass is 9.85. The van der Waals surface area contributed by atoms with Crippen LogP contribution in [0.1, 0.15) is 19.3 Å². The molecule has 0 radical (unpaired) electrons. The third-order valence-electron chi connectivity index (χ3n) is 3.02. The highest BCUT2D eigenvalue weighted by molar-refractivity contribution is 9.10. The monoisotopic (exact) mass is 283 g/mol. The summed E-state index contributed by atoms with van der Waals surface area (Å²) in [4.78, 5) is 0. The first-order chi connectivity index (χ1) is 7.84. The molecule has 0 aromatic heterocycles. The highest BCUT2D eigenvalue weighted by Gasteiger charge is 2.15. The van der Waals surface area contributed by atoms with Crippen LogP contribution in [0.3, 0.4) is 0 Å². The van der Waals surface area contributed by atoms with Crippen molar-refractivity contribution in [3.63, 3.8) is 0 Å². The van der Waals surface area contributed by atoms with Crippen LogP contribution >= 0.6 is 15.9 Å². The van der Waals surface area contributed by atoms with Crippen molar-refractivity contribution in [2.24, 2.45) is 5.92 Å². The van der Waals surface area contributed by atoms with Gasteiger partial charge in [-0.1, -0.05) is 22.4 Å². The number of nitrogens with one attached hydrogen (secondary N) is 1. The van der Waals surface area contributed by atoms with Gasteiger partial charge in [0.05, 0.1) is 0 Å². The van der Waals surface area contributed by atoms with Gasteiger partial charge in [0.1, 0.15) is 12.4 Å². The number of ether oxygens (including phenoxy) is 1. The van der Waals surface area contributed by atoms with Gasteiger partial charge in [-0.2, -0.15) is 0 Å². The second-order valence-corrected chi connectivity index (χ2v) is 5.22. The van der Waals surface area contributed by atoms with Gasteiger partial charge >= 0.3 is 0 Å². The summed E-state index contributed by atoms with van der Waals surface area (Å²) < 4.78 is 6.70. The van der Waals surface area contributed by atoms with Crippen molar-refractivity contribution in [2.75, 3.05) is 19.7 Å². The minimum Gasteiger partial charge on any atom is -0.492 e. The first kappa shape index (κ1) is 11.9. The van der Waals surface area contributed by atoms with E-state index in [1.54, 1.807) is 0 Å². The van der Waals surface area contributed by atoms with E-state index in [1.807, 2.05) is 24.3 Å². The molecule has 0 amide bonds. The zero-order chi connectivity index (χ0) is 11.2. The molecule has 0 saturated heterocycles. The zero-order valence-electron chi connectivity index (χ0n) is 9.42. The molecule has 2 rings (SSSR count). The predicted octanol–water partition coefficient (Wildman–Crippen LogP) is 3.22. The number of rotatable bonds is 6. The molecule has 0 heterocycles. The minimum absolute atomic E-state index is 0.744. The van der Waals surface area contributed by atoms with Crippen molar-refractivity contribution in [1.82, 2.24) is 5.32 Å². The van der Waals surface area contributed by atoms with Crippen LogP contribution in [0.5, 0.6) is 5.75 Å². The van der Waals surface area contributed by atoms with Crippen LogP contribution in [-0.4, -0.2) is 19.7 Å². The molecule has 0 unspecified atom stereocenters. The summed E-state index contributed by atoms with van der Waals surface area (Å²) in [5.74, 6) is 1.86. The normalized spacial score (nSPS) is 15.8. The van der Waals surface area contributed by atoms with Crippen molar-refractivity contribution in [3.8, 4) is 5.75 Å². The van der Waals surface area contributed by atoms with Gasteiger partial charge in [-0.15, -0.1) is 0 Å². The molecular weight excluding hydrogens is 266 g/mol. The lowest BCUT2D eigenvalue weighted by Gasteiger charge is -2.25. The van der Waals surface area contributed by atoms with Crippen molar-refractivity contribution >= 4 is 15.9 Å². The number of halogens is 1. The third-order valence-corrected chi connectivity index (χ3v) is 3.55. The van der Waals surface area contributed by atoms with E-state index < -0.39 is 0 Å². The van der Waals surface area contributed by atoms with Crippen molar-refractivity contribution < 1.29 is 4.74 Å². The van der Waals surface area contributed by atoms with E-state index in [0.29, 0.717) is 0 Å². The summed E-state index contributed by atoms with van der Waals surface area (Å²) in [5.41, 5.74) is 0. The van der Waals surface area contributed by atoms with Gasteiger partial charge in [0.25, 0.3) is 0 Å². The molecule has 16 heavy (non-hydrogen) atoms. The van der Waals surface area contributed by atoms with E-state index in [-0.39, 0.29) is 0 Å². The second kappa shape index (κ2) is 6.26. The summed E-state index contributed by atoms with van der Waals surface area (Å²) in [6.45, 7) is 2.84. The zero-order valence-corrected chi connectivity index (χ0v) is 11.0. The Morgan fingerprint density at radius 1 is 1.25 bits per heavy atom. The Morgan fingerprint density at radius 2 is 2.00 bits per heavy atom. The largest absolute Gasteiger partial charge is 0.492 e. The van der Waals surface area contributed by atoms with Crippen molar-refractivity contribution in [2.45, 2.75) is 19.3 Å². The fourth-order valence-corrected chi connectivity index (χ4v) is 2.04. The van der Waals surface area contributed by atoms with E-state index in [9.17, 15) is 0 Å². The molecule has 1 aromatic carbocycles. The first-order valence-electron chi connectivity index (χ1n) is 5.94. The Kier molecular flexibility index (Phi) is 4.67. The molecule has 0 bridgehead atoms. The van der Waals surface area contributed by atoms with Crippen LogP contribution < -0.4 is 10.1 Å². The lowest BCUT2D eigenvalue weighted by molar-refractivity contribution is 0.276. The maximum Gasteiger partial charge on any atom is 0.119 e. The van der Waals surface area contributed by atoms with Gasteiger partial charge in [-0.25, -0.2) is 0 Å².